The van der Waals surface area contributed by atoms with E-state index in [2.05, 4.69) is 21.2 Å². The molecule has 6 heteroatoms. The summed E-state index contributed by atoms with van der Waals surface area (Å²) in [6.45, 7) is 0.162. The van der Waals surface area contributed by atoms with Gasteiger partial charge in [0, 0.05) is 16.6 Å². The van der Waals surface area contributed by atoms with E-state index in [4.69, 9.17) is 11.6 Å². The van der Waals surface area contributed by atoms with Gasteiger partial charge in [0.25, 0.3) is 5.91 Å². The molecule has 0 radical (unpaired) electrons. The molecule has 0 atom stereocenters. The lowest BCUT2D eigenvalue weighted by Gasteiger charge is -2.33. The largest absolute Gasteiger partial charge is 0.481 e. The maximum atomic E-state index is 12.1. The van der Waals surface area contributed by atoms with Gasteiger partial charge >= 0.3 is 5.97 Å². The fourth-order valence-electron chi connectivity index (χ4n) is 2.68. The second-order valence-corrected chi connectivity index (χ2v) is 6.72. The van der Waals surface area contributed by atoms with Crippen molar-refractivity contribution in [3.8, 4) is 0 Å². The molecule has 2 rings (SSSR count). The van der Waals surface area contributed by atoms with Gasteiger partial charge in [0.2, 0.25) is 0 Å². The lowest BCUT2D eigenvalue weighted by Crippen LogP contribution is -2.44. The SMILES string of the molecule is O=C(NCC1(C(=O)O)CCCCC1)c1ccc(Br)c(Cl)c1. The van der Waals surface area contributed by atoms with Gasteiger partial charge in [-0.15, -0.1) is 0 Å². The lowest BCUT2D eigenvalue weighted by atomic mass is 9.74. The van der Waals surface area contributed by atoms with Crippen LogP contribution in [-0.2, 0) is 4.79 Å². The number of rotatable bonds is 4. The predicted octanol–water partition coefficient (Wildman–Crippen LogP) is 3.87. The predicted molar refractivity (Wildman–Crippen MR) is 84.6 cm³/mol. The molecule has 1 aromatic carbocycles. The maximum Gasteiger partial charge on any atom is 0.311 e. The topological polar surface area (TPSA) is 66.4 Å². The number of carboxylic acids is 1. The van der Waals surface area contributed by atoms with Crippen LogP contribution in [0.2, 0.25) is 5.02 Å². The minimum absolute atomic E-state index is 0.162. The number of amides is 1. The van der Waals surface area contributed by atoms with Crippen LogP contribution in [0.25, 0.3) is 0 Å². The summed E-state index contributed by atoms with van der Waals surface area (Å²) in [7, 11) is 0. The first-order chi connectivity index (χ1) is 9.94. The summed E-state index contributed by atoms with van der Waals surface area (Å²) < 4.78 is 0.718. The van der Waals surface area contributed by atoms with Crippen LogP contribution in [0.4, 0.5) is 0 Å². The zero-order chi connectivity index (χ0) is 15.5. The molecule has 0 spiro atoms. The smallest absolute Gasteiger partial charge is 0.311 e. The van der Waals surface area contributed by atoms with Gasteiger partial charge in [0.05, 0.1) is 10.4 Å². The third kappa shape index (κ3) is 3.77. The summed E-state index contributed by atoms with van der Waals surface area (Å²) in [5.74, 6) is -1.12. The zero-order valence-corrected chi connectivity index (χ0v) is 13.8. The minimum atomic E-state index is -0.826. The molecular weight excluding hydrogens is 358 g/mol. The summed E-state index contributed by atoms with van der Waals surface area (Å²) in [6.07, 6.45) is 4.08. The van der Waals surface area contributed by atoms with Gasteiger partial charge in [0.1, 0.15) is 0 Å². The van der Waals surface area contributed by atoms with Crippen molar-refractivity contribution in [3.63, 3.8) is 0 Å². The molecule has 1 amide bonds. The van der Waals surface area contributed by atoms with E-state index in [1.165, 1.54) is 0 Å². The number of carbonyl (C=O) groups excluding carboxylic acids is 1. The van der Waals surface area contributed by atoms with Crippen molar-refractivity contribution in [3.05, 3.63) is 33.3 Å². The number of benzene rings is 1. The van der Waals surface area contributed by atoms with E-state index >= 15 is 0 Å². The van der Waals surface area contributed by atoms with Gasteiger partial charge in [-0.1, -0.05) is 30.9 Å². The monoisotopic (exact) mass is 373 g/mol. The van der Waals surface area contributed by atoms with Crippen molar-refractivity contribution in [1.29, 1.82) is 0 Å². The Hall–Kier alpha value is -1.07. The van der Waals surface area contributed by atoms with Crippen LogP contribution in [0.3, 0.4) is 0 Å². The molecule has 2 N–H and O–H groups in total. The number of nitrogens with one attached hydrogen (secondary N) is 1. The molecule has 0 unspecified atom stereocenters. The molecule has 0 saturated heterocycles. The second kappa shape index (κ2) is 6.79. The summed E-state index contributed by atoms with van der Waals surface area (Å²) in [5.41, 5.74) is -0.396. The van der Waals surface area contributed by atoms with Gasteiger partial charge in [-0.3, -0.25) is 9.59 Å². The maximum absolute atomic E-state index is 12.1. The van der Waals surface area contributed by atoms with Crippen LogP contribution < -0.4 is 5.32 Å². The van der Waals surface area contributed by atoms with E-state index in [9.17, 15) is 14.7 Å². The standard InChI is InChI=1S/C15H17BrClNO3/c16-11-5-4-10(8-12(11)17)13(19)18-9-15(14(20)21)6-2-1-3-7-15/h4-5,8H,1-3,6-7,9H2,(H,18,19)(H,20,21). The number of carboxylic acid groups (broad SMARTS) is 1. The van der Waals surface area contributed by atoms with Crippen LogP contribution in [0, 0.1) is 5.41 Å². The number of carbonyl (C=O) groups is 2. The summed E-state index contributed by atoms with van der Waals surface area (Å²) >= 11 is 9.23. The molecule has 21 heavy (non-hydrogen) atoms. The van der Waals surface area contributed by atoms with Crippen LogP contribution >= 0.6 is 27.5 Å². The van der Waals surface area contributed by atoms with Gasteiger partial charge < -0.3 is 10.4 Å². The first kappa shape index (κ1) is 16.3. The first-order valence-corrected chi connectivity index (χ1v) is 8.08. The quantitative estimate of drug-likeness (QED) is 0.841. The highest BCUT2D eigenvalue weighted by atomic mass is 79.9. The number of aliphatic carboxylic acids is 1. The Morgan fingerprint density at radius 3 is 2.52 bits per heavy atom. The third-order valence-corrected chi connectivity index (χ3v) is 5.27. The molecule has 0 aliphatic heterocycles. The van der Waals surface area contributed by atoms with E-state index in [1.807, 2.05) is 0 Å². The molecule has 1 saturated carbocycles. The van der Waals surface area contributed by atoms with E-state index in [0.29, 0.717) is 23.4 Å². The number of hydrogen-bond acceptors (Lipinski definition) is 2. The van der Waals surface area contributed by atoms with E-state index in [0.717, 1.165) is 23.7 Å². The lowest BCUT2D eigenvalue weighted by molar-refractivity contribution is -0.150. The van der Waals surface area contributed by atoms with Gasteiger partial charge in [0.15, 0.2) is 0 Å². The van der Waals surface area contributed by atoms with Gasteiger partial charge in [-0.05, 0) is 47.0 Å². The summed E-state index contributed by atoms with van der Waals surface area (Å²) in [4.78, 5) is 23.7. The highest BCUT2D eigenvalue weighted by molar-refractivity contribution is 9.10. The average Bonchev–Trinajstić information content (AvgIpc) is 2.48. The Morgan fingerprint density at radius 1 is 1.29 bits per heavy atom. The molecule has 0 bridgehead atoms. The van der Waals surface area contributed by atoms with Crippen LogP contribution in [0.5, 0.6) is 0 Å². The Kier molecular flexibility index (Phi) is 5.27. The Labute approximate surface area is 137 Å². The van der Waals surface area contributed by atoms with Crippen molar-refractivity contribution in [2.75, 3.05) is 6.54 Å². The molecule has 1 aromatic rings. The fraction of sp³-hybridized carbons (Fsp3) is 0.467. The Morgan fingerprint density at radius 2 is 1.95 bits per heavy atom. The molecule has 1 aliphatic rings. The van der Waals surface area contributed by atoms with Crippen molar-refractivity contribution < 1.29 is 14.7 Å². The molecule has 4 nitrogen and oxygen atoms in total. The van der Waals surface area contributed by atoms with Gasteiger partial charge in [-0.25, -0.2) is 0 Å². The summed E-state index contributed by atoms with van der Waals surface area (Å²) in [5, 5.41) is 12.7. The van der Waals surface area contributed by atoms with Crippen molar-refractivity contribution in [2.24, 2.45) is 5.41 Å². The normalized spacial score (nSPS) is 17.2. The fourth-order valence-corrected chi connectivity index (χ4v) is 3.11. The Balaban J connectivity index is 2.05. The summed E-state index contributed by atoms with van der Waals surface area (Å²) in [6, 6.07) is 4.92. The minimum Gasteiger partial charge on any atom is -0.481 e. The van der Waals surface area contributed by atoms with Crippen molar-refractivity contribution >= 4 is 39.4 Å². The third-order valence-electron chi connectivity index (χ3n) is 4.03. The van der Waals surface area contributed by atoms with Crippen LogP contribution in [-0.4, -0.2) is 23.5 Å². The zero-order valence-electron chi connectivity index (χ0n) is 11.5. The van der Waals surface area contributed by atoms with Crippen molar-refractivity contribution in [1.82, 2.24) is 5.32 Å². The Bertz CT molecular complexity index is 556. The molecule has 0 aromatic heterocycles. The first-order valence-electron chi connectivity index (χ1n) is 6.91. The average molecular weight is 375 g/mol. The number of halogens is 2. The molecular formula is C15H17BrClNO3. The highest BCUT2D eigenvalue weighted by Gasteiger charge is 2.39. The van der Waals surface area contributed by atoms with E-state index < -0.39 is 11.4 Å². The molecule has 114 valence electrons. The molecule has 1 fully saturated rings. The van der Waals surface area contributed by atoms with Crippen molar-refractivity contribution in [2.45, 2.75) is 32.1 Å². The van der Waals surface area contributed by atoms with Crippen LogP contribution in [0.15, 0.2) is 22.7 Å². The second-order valence-electron chi connectivity index (χ2n) is 5.46. The number of hydrogen-bond donors (Lipinski definition) is 2. The van der Waals surface area contributed by atoms with Gasteiger partial charge in [-0.2, -0.15) is 0 Å². The molecule has 0 heterocycles. The molecule has 1 aliphatic carbocycles. The van der Waals surface area contributed by atoms with E-state index in [1.54, 1.807) is 18.2 Å². The van der Waals surface area contributed by atoms with E-state index in [-0.39, 0.29) is 12.5 Å². The highest BCUT2D eigenvalue weighted by Crippen LogP contribution is 2.36. The van der Waals surface area contributed by atoms with Crippen LogP contribution in [0.1, 0.15) is 42.5 Å².